The topological polar surface area (TPSA) is 111 Å². The molecule has 2 atom stereocenters. The maximum Gasteiger partial charge on any atom is 0.389 e. The number of pyridine rings is 1. The molecule has 3 aromatic heterocycles. The number of hydrogen-bond acceptors (Lipinski definition) is 6. The smallest absolute Gasteiger partial charge is 0.389 e. The first-order valence-corrected chi connectivity index (χ1v) is 15.0. The van der Waals surface area contributed by atoms with Crippen molar-refractivity contribution in [2.24, 2.45) is 11.8 Å². The van der Waals surface area contributed by atoms with Gasteiger partial charge in [-0.1, -0.05) is 0 Å². The molecule has 6 rings (SSSR count). The van der Waals surface area contributed by atoms with Crippen LogP contribution in [-0.2, 0) is 4.79 Å². The summed E-state index contributed by atoms with van der Waals surface area (Å²) in [5.41, 5.74) is 1.77. The molecule has 0 aromatic carbocycles. The molecule has 236 valence electrons. The van der Waals surface area contributed by atoms with Gasteiger partial charge in [-0.3, -0.25) is 9.59 Å². The summed E-state index contributed by atoms with van der Waals surface area (Å²) in [5, 5.41) is 10.2. The number of rotatable bonds is 11. The first kappa shape index (κ1) is 30.2. The molecule has 3 fully saturated rings. The minimum absolute atomic E-state index is 0.0774. The van der Waals surface area contributed by atoms with E-state index in [0.29, 0.717) is 28.3 Å². The van der Waals surface area contributed by atoms with E-state index in [4.69, 9.17) is 9.72 Å². The number of alkyl halides is 5. The average molecular weight is 621 g/mol. The Hall–Kier alpha value is -3.84. The second kappa shape index (κ2) is 11.9. The first-order chi connectivity index (χ1) is 20.9. The Morgan fingerprint density at radius 1 is 1.02 bits per heavy atom. The zero-order chi connectivity index (χ0) is 31.1. The van der Waals surface area contributed by atoms with Gasteiger partial charge in [-0.05, 0) is 68.1 Å². The number of fused-ring (bicyclic) bond motifs is 1. The van der Waals surface area contributed by atoms with E-state index in [1.165, 1.54) is 10.7 Å². The van der Waals surface area contributed by atoms with E-state index in [-0.39, 0.29) is 43.6 Å². The van der Waals surface area contributed by atoms with Crippen molar-refractivity contribution in [1.82, 2.24) is 30.2 Å². The number of halogens is 5. The van der Waals surface area contributed by atoms with E-state index in [1.54, 1.807) is 30.6 Å². The molecule has 44 heavy (non-hydrogen) atoms. The number of imidazole rings is 1. The van der Waals surface area contributed by atoms with Gasteiger partial charge in [0.1, 0.15) is 6.10 Å². The van der Waals surface area contributed by atoms with Crippen molar-refractivity contribution in [2.75, 3.05) is 0 Å². The van der Waals surface area contributed by atoms with E-state index < -0.39 is 48.8 Å². The maximum atomic E-state index is 14.1. The summed E-state index contributed by atoms with van der Waals surface area (Å²) < 4.78 is 73.2. The van der Waals surface area contributed by atoms with Gasteiger partial charge < -0.3 is 15.4 Å². The van der Waals surface area contributed by atoms with Gasteiger partial charge in [-0.2, -0.15) is 18.3 Å². The highest BCUT2D eigenvalue weighted by Gasteiger charge is 2.40. The van der Waals surface area contributed by atoms with Crippen LogP contribution in [0.1, 0.15) is 97.9 Å². The summed E-state index contributed by atoms with van der Waals surface area (Å²) in [6, 6.07) is 3.62. The Morgan fingerprint density at radius 3 is 2.43 bits per heavy atom. The van der Waals surface area contributed by atoms with E-state index in [1.807, 2.05) is 0 Å². The lowest BCUT2D eigenvalue weighted by molar-refractivity contribution is -0.144. The van der Waals surface area contributed by atoms with Gasteiger partial charge in [0.25, 0.3) is 5.91 Å². The van der Waals surface area contributed by atoms with Gasteiger partial charge in [0.05, 0.1) is 36.6 Å². The molecular weight excluding hydrogens is 587 g/mol. The third kappa shape index (κ3) is 7.62. The molecular formula is C30H33F5N6O3. The van der Waals surface area contributed by atoms with Crippen molar-refractivity contribution in [3.05, 3.63) is 53.6 Å². The minimum Gasteiger partial charge on any atom is -0.474 e. The minimum atomic E-state index is -4.43. The lowest BCUT2D eigenvalue weighted by Crippen LogP contribution is -2.37. The summed E-state index contributed by atoms with van der Waals surface area (Å²) in [7, 11) is 0. The van der Waals surface area contributed by atoms with Gasteiger partial charge in [0.15, 0.2) is 5.65 Å². The summed E-state index contributed by atoms with van der Waals surface area (Å²) >= 11 is 0. The molecule has 9 nitrogen and oxygen atoms in total. The number of carbonyl (C=O) groups is 2. The Kier molecular flexibility index (Phi) is 8.18. The van der Waals surface area contributed by atoms with Crippen LogP contribution in [0.15, 0.2) is 36.8 Å². The summed E-state index contributed by atoms with van der Waals surface area (Å²) in [6.07, 6.45) is 1.74. The van der Waals surface area contributed by atoms with Crippen LogP contribution in [0, 0.1) is 11.8 Å². The number of hydrogen-bond donors (Lipinski definition) is 2. The summed E-state index contributed by atoms with van der Waals surface area (Å²) in [4.78, 5) is 34.6. The highest BCUT2D eigenvalue weighted by atomic mass is 19.4. The number of carbonyl (C=O) groups excluding carboxylic acids is 2. The molecule has 3 aliphatic rings. The zero-order valence-electron chi connectivity index (χ0n) is 23.8. The summed E-state index contributed by atoms with van der Waals surface area (Å²) in [6.45, 7) is 0. The monoisotopic (exact) mass is 620 g/mol. The molecule has 0 bridgehead atoms. The molecule has 3 heterocycles. The van der Waals surface area contributed by atoms with Gasteiger partial charge in [-0.25, -0.2) is 23.3 Å². The fourth-order valence-corrected chi connectivity index (χ4v) is 5.66. The van der Waals surface area contributed by atoms with Crippen molar-refractivity contribution in [2.45, 2.75) is 94.5 Å². The van der Waals surface area contributed by atoms with Crippen molar-refractivity contribution in [3.63, 3.8) is 0 Å². The number of nitrogens with one attached hydrogen (secondary N) is 2. The van der Waals surface area contributed by atoms with Crippen LogP contribution < -0.4 is 15.4 Å². The predicted molar refractivity (Wildman–Crippen MR) is 147 cm³/mol. The number of amides is 2. The molecule has 0 radical (unpaired) electrons. The second-order valence-electron chi connectivity index (χ2n) is 12.1. The van der Waals surface area contributed by atoms with E-state index in [0.717, 1.165) is 25.7 Å². The molecule has 2 amide bonds. The number of nitrogens with zero attached hydrogens (tertiary/aromatic N) is 4. The molecule has 0 spiro atoms. The van der Waals surface area contributed by atoms with Gasteiger partial charge in [0.2, 0.25) is 17.7 Å². The van der Waals surface area contributed by atoms with Crippen LogP contribution in [0.4, 0.5) is 22.0 Å². The Balaban J connectivity index is 1.23. The summed E-state index contributed by atoms with van der Waals surface area (Å²) in [5.74, 6) is -3.76. The van der Waals surface area contributed by atoms with Crippen molar-refractivity contribution < 1.29 is 36.3 Å². The molecule has 0 unspecified atom stereocenters. The van der Waals surface area contributed by atoms with Crippen molar-refractivity contribution >= 4 is 17.5 Å². The SMILES string of the molecule is O=C(CCC(F)(F)F)N[C@@H](c1cnn2cc([C@@H](NC(=O)c3ccnc(OC4CC4)c3)C3CCC(F)(F)CC3)nc2c1)C1CC1. The van der Waals surface area contributed by atoms with Crippen LogP contribution in [0.25, 0.3) is 5.65 Å². The zero-order valence-corrected chi connectivity index (χ0v) is 23.8. The van der Waals surface area contributed by atoms with Gasteiger partial charge in [-0.15, -0.1) is 0 Å². The van der Waals surface area contributed by atoms with Gasteiger partial charge >= 0.3 is 6.18 Å². The van der Waals surface area contributed by atoms with E-state index in [2.05, 4.69) is 20.7 Å². The largest absolute Gasteiger partial charge is 0.474 e. The first-order valence-electron chi connectivity index (χ1n) is 15.0. The quantitative estimate of drug-likeness (QED) is 0.260. The van der Waals surface area contributed by atoms with E-state index >= 15 is 0 Å². The Labute approximate surface area is 250 Å². The van der Waals surface area contributed by atoms with Crippen molar-refractivity contribution in [1.29, 1.82) is 0 Å². The molecule has 3 aromatic rings. The van der Waals surface area contributed by atoms with Crippen LogP contribution >= 0.6 is 0 Å². The second-order valence-corrected chi connectivity index (χ2v) is 12.1. The van der Waals surface area contributed by atoms with Crippen LogP contribution in [-0.4, -0.2) is 49.6 Å². The fraction of sp³-hybridized carbons (Fsp3) is 0.567. The van der Waals surface area contributed by atoms with Crippen LogP contribution in [0.5, 0.6) is 5.88 Å². The Morgan fingerprint density at radius 2 is 1.75 bits per heavy atom. The van der Waals surface area contributed by atoms with Gasteiger partial charge in [0, 0.05) is 37.1 Å². The number of aromatic nitrogens is 4. The molecule has 14 heteroatoms. The average Bonchev–Trinajstić information content (AvgIpc) is 3.92. The number of ether oxygens (including phenoxy) is 1. The molecule has 3 aliphatic carbocycles. The molecule has 2 N–H and O–H groups in total. The fourth-order valence-electron chi connectivity index (χ4n) is 5.66. The normalized spacial score (nSPS) is 20.2. The Bertz CT molecular complexity index is 1510. The van der Waals surface area contributed by atoms with Crippen LogP contribution in [0.2, 0.25) is 0 Å². The molecule has 0 aliphatic heterocycles. The predicted octanol–water partition coefficient (Wildman–Crippen LogP) is 5.87. The highest BCUT2D eigenvalue weighted by Crippen LogP contribution is 2.43. The van der Waals surface area contributed by atoms with E-state index in [9.17, 15) is 31.5 Å². The lowest BCUT2D eigenvalue weighted by Gasteiger charge is -2.33. The molecule has 3 saturated carbocycles. The third-order valence-corrected chi connectivity index (χ3v) is 8.41. The maximum absolute atomic E-state index is 14.1. The standard InChI is InChI=1S/C30H33F5N6O3/c31-29(32)9-5-18(6-10-29)27(40-28(43)19-8-12-36-25(14-19)44-21-3-4-21)22-16-41-23(38-22)13-20(15-37-41)26(17-1-2-17)39-24(42)7-11-30(33,34)35/h8,12-18,21,26-27H,1-7,9-11H2,(H,39,42)(H,40,43)/t26-,27+/m1/s1. The third-order valence-electron chi connectivity index (χ3n) is 8.41. The van der Waals surface area contributed by atoms with Crippen LogP contribution in [0.3, 0.4) is 0 Å². The highest BCUT2D eigenvalue weighted by molar-refractivity contribution is 5.94. The molecule has 0 saturated heterocycles. The lowest BCUT2D eigenvalue weighted by atomic mass is 9.81. The van der Waals surface area contributed by atoms with Crippen molar-refractivity contribution in [3.8, 4) is 5.88 Å².